The lowest BCUT2D eigenvalue weighted by molar-refractivity contribution is 0.0744. The van der Waals surface area contributed by atoms with E-state index in [1.54, 1.807) is 44.5 Å². The van der Waals surface area contributed by atoms with Crippen LogP contribution in [0.1, 0.15) is 47.8 Å². The molecule has 0 aliphatic heterocycles. The molecule has 0 radical (unpaired) electrons. The van der Waals surface area contributed by atoms with Gasteiger partial charge in [-0.05, 0) is 35.2 Å². The molecule has 41 heavy (non-hydrogen) atoms. The number of H-pyrrole nitrogens is 1. The summed E-state index contributed by atoms with van der Waals surface area (Å²) in [5.41, 5.74) is 1.55. The van der Waals surface area contributed by atoms with Crippen LogP contribution in [0.25, 0.3) is 17.8 Å². The fraction of sp³-hybridized carbons (Fsp3) is 0.345. The summed E-state index contributed by atoms with van der Waals surface area (Å²) in [4.78, 5) is 41.4. The van der Waals surface area contributed by atoms with Crippen molar-refractivity contribution < 1.29 is 22.7 Å². The van der Waals surface area contributed by atoms with Crippen molar-refractivity contribution in [3.63, 3.8) is 0 Å². The molecule has 11 nitrogen and oxygen atoms in total. The zero-order valence-electron chi connectivity index (χ0n) is 24.3. The van der Waals surface area contributed by atoms with Gasteiger partial charge in [0.15, 0.2) is 0 Å². The lowest BCUT2D eigenvalue weighted by Gasteiger charge is -2.25. The van der Waals surface area contributed by atoms with Crippen LogP contribution in [0.3, 0.4) is 0 Å². The molecule has 0 saturated heterocycles. The summed E-state index contributed by atoms with van der Waals surface area (Å²) in [5, 5.41) is 0. The summed E-state index contributed by atoms with van der Waals surface area (Å²) in [6.45, 7) is 6.70. The molecule has 1 aromatic heterocycles. The Morgan fingerprint density at radius 2 is 1.76 bits per heavy atom. The first-order chi connectivity index (χ1) is 19.1. The SMILES string of the molecule is COCCN(C)C(=O)c1cc(NS(C)(=O)=O)ccc1/C=C/c1cc(-n2ccc(=O)[nH]c2=O)cc(C(C)(C)C)c1OC. The van der Waals surface area contributed by atoms with Crippen molar-refractivity contribution in [1.29, 1.82) is 0 Å². The lowest BCUT2D eigenvalue weighted by atomic mass is 9.84. The standard InChI is InChI=1S/C29H36N4O7S/c1-29(2,3)24-18-22(33-13-12-25(34)30-28(33)36)16-20(26(24)40-6)9-8-19-10-11-21(31-41(7,37)38)17-23(19)27(35)32(4)14-15-39-5/h8-13,16-18,31H,14-15H2,1-7H3,(H,30,34,36)/b9-8+. The predicted molar refractivity (Wildman–Crippen MR) is 161 cm³/mol. The first-order valence-electron chi connectivity index (χ1n) is 12.7. The molecule has 0 saturated carbocycles. The highest BCUT2D eigenvalue weighted by Crippen LogP contribution is 2.37. The smallest absolute Gasteiger partial charge is 0.332 e. The largest absolute Gasteiger partial charge is 0.496 e. The van der Waals surface area contributed by atoms with Gasteiger partial charge in [0.2, 0.25) is 10.0 Å². The van der Waals surface area contributed by atoms with Crippen molar-refractivity contribution in [3.05, 3.63) is 85.7 Å². The molecule has 0 spiro atoms. The maximum absolute atomic E-state index is 13.4. The fourth-order valence-electron chi connectivity index (χ4n) is 4.18. The summed E-state index contributed by atoms with van der Waals surface area (Å²) in [6, 6.07) is 9.55. The number of anilines is 1. The van der Waals surface area contributed by atoms with Crippen molar-refractivity contribution in [2.45, 2.75) is 26.2 Å². The molecule has 3 rings (SSSR count). The molecule has 0 fully saturated rings. The normalized spacial score (nSPS) is 12.0. The highest BCUT2D eigenvalue weighted by Gasteiger charge is 2.23. The minimum Gasteiger partial charge on any atom is -0.496 e. The number of nitrogens with zero attached hydrogens (tertiary/aromatic N) is 2. The summed E-state index contributed by atoms with van der Waals surface area (Å²) < 4.78 is 38.3. The van der Waals surface area contributed by atoms with Crippen LogP contribution in [-0.2, 0) is 20.2 Å². The molecular weight excluding hydrogens is 548 g/mol. The molecule has 2 aromatic carbocycles. The van der Waals surface area contributed by atoms with Crippen LogP contribution < -0.4 is 20.7 Å². The van der Waals surface area contributed by atoms with E-state index in [9.17, 15) is 22.8 Å². The number of aromatic amines is 1. The fourth-order valence-corrected chi connectivity index (χ4v) is 4.74. The Morgan fingerprint density at radius 3 is 2.34 bits per heavy atom. The van der Waals surface area contributed by atoms with E-state index in [4.69, 9.17) is 9.47 Å². The van der Waals surface area contributed by atoms with Crippen molar-refractivity contribution in [1.82, 2.24) is 14.5 Å². The minimum atomic E-state index is -3.57. The number of carbonyl (C=O) groups is 1. The van der Waals surface area contributed by atoms with E-state index in [1.807, 2.05) is 26.8 Å². The van der Waals surface area contributed by atoms with Crippen LogP contribution in [0.5, 0.6) is 5.75 Å². The molecule has 12 heteroatoms. The summed E-state index contributed by atoms with van der Waals surface area (Å²) in [7, 11) is 1.16. The molecule has 0 atom stereocenters. The van der Waals surface area contributed by atoms with Gasteiger partial charge in [-0.2, -0.15) is 0 Å². The van der Waals surface area contributed by atoms with Gasteiger partial charge in [-0.15, -0.1) is 0 Å². The average molecular weight is 585 g/mol. The number of ether oxygens (including phenoxy) is 2. The molecule has 1 amide bonds. The van der Waals surface area contributed by atoms with Gasteiger partial charge in [-0.3, -0.25) is 23.9 Å². The maximum Gasteiger partial charge on any atom is 0.332 e. The highest BCUT2D eigenvalue weighted by atomic mass is 32.2. The third kappa shape index (κ3) is 7.95. The number of hydrogen-bond acceptors (Lipinski definition) is 7. The number of benzene rings is 2. The lowest BCUT2D eigenvalue weighted by Crippen LogP contribution is -2.30. The minimum absolute atomic E-state index is 0.250. The summed E-state index contributed by atoms with van der Waals surface area (Å²) in [6.07, 6.45) is 5.93. The highest BCUT2D eigenvalue weighted by molar-refractivity contribution is 7.92. The van der Waals surface area contributed by atoms with Crippen LogP contribution in [0.4, 0.5) is 5.69 Å². The van der Waals surface area contributed by atoms with Gasteiger partial charge in [0, 0.05) is 55.3 Å². The van der Waals surface area contributed by atoms with Crippen LogP contribution in [0, 0.1) is 0 Å². The van der Waals surface area contributed by atoms with E-state index in [0.29, 0.717) is 35.7 Å². The summed E-state index contributed by atoms with van der Waals surface area (Å²) in [5.74, 6) is 0.255. The number of hydrogen-bond donors (Lipinski definition) is 2. The van der Waals surface area contributed by atoms with E-state index in [1.165, 1.54) is 34.9 Å². The van der Waals surface area contributed by atoms with Crippen molar-refractivity contribution >= 4 is 33.8 Å². The van der Waals surface area contributed by atoms with Crippen LogP contribution in [0.2, 0.25) is 0 Å². The van der Waals surface area contributed by atoms with Crippen molar-refractivity contribution in [2.75, 3.05) is 45.4 Å². The average Bonchev–Trinajstić information content (AvgIpc) is 2.88. The maximum atomic E-state index is 13.4. The Balaban J connectivity index is 2.21. The van der Waals surface area contributed by atoms with E-state index in [0.717, 1.165) is 11.8 Å². The third-order valence-corrected chi connectivity index (χ3v) is 6.83. The monoisotopic (exact) mass is 584 g/mol. The molecule has 0 aliphatic carbocycles. The molecular formula is C29H36N4O7S. The Kier molecular flexibility index (Phi) is 9.61. The van der Waals surface area contributed by atoms with Gasteiger partial charge in [0.1, 0.15) is 5.75 Å². The number of amides is 1. The van der Waals surface area contributed by atoms with Crippen LogP contribution in [-0.4, -0.2) is 69.5 Å². The van der Waals surface area contributed by atoms with Crippen LogP contribution >= 0.6 is 0 Å². The number of likely N-dealkylation sites (N-methyl/N-ethyl adjacent to an activating group) is 1. The quantitative estimate of drug-likeness (QED) is 0.349. The molecule has 0 aliphatic rings. The number of nitrogens with one attached hydrogen (secondary N) is 2. The topological polar surface area (TPSA) is 140 Å². The molecule has 1 heterocycles. The second-order valence-electron chi connectivity index (χ2n) is 10.6. The summed E-state index contributed by atoms with van der Waals surface area (Å²) >= 11 is 0. The first kappa shape index (κ1) is 31.4. The second-order valence-corrected chi connectivity index (χ2v) is 12.3. The predicted octanol–water partition coefficient (Wildman–Crippen LogP) is 3.09. The number of carbonyl (C=O) groups excluding carboxylic acids is 1. The van der Waals surface area contributed by atoms with Gasteiger partial charge >= 0.3 is 5.69 Å². The van der Waals surface area contributed by atoms with E-state index in [2.05, 4.69) is 9.71 Å². The van der Waals surface area contributed by atoms with Crippen molar-refractivity contribution in [2.24, 2.45) is 0 Å². The van der Waals surface area contributed by atoms with Crippen molar-refractivity contribution in [3.8, 4) is 11.4 Å². The number of aromatic nitrogens is 2. The van der Waals surface area contributed by atoms with E-state index in [-0.39, 0.29) is 22.6 Å². The van der Waals surface area contributed by atoms with Crippen LogP contribution in [0.15, 0.2) is 52.2 Å². The number of sulfonamides is 1. The molecule has 0 bridgehead atoms. The number of methoxy groups -OCH3 is 2. The zero-order chi connectivity index (χ0) is 30.5. The van der Waals surface area contributed by atoms with E-state index >= 15 is 0 Å². The Bertz CT molecular complexity index is 1680. The third-order valence-electron chi connectivity index (χ3n) is 6.22. The van der Waals surface area contributed by atoms with Gasteiger partial charge in [-0.25, -0.2) is 13.2 Å². The van der Waals surface area contributed by atoms with E-state index < -0.39 is 21.3 Å². The zero-order valence-corrected chi connectivity index (χ0v) is 25.1. The molecule has 2 N–H and O–H groups in total. The van der Waals surface area contributed by atoms with Gasteiger partial charge < -0.3 is 14.4 Å². The Morgan fingerprint density at radius 1 is 1.07 bits per heavy atom. The van der Waals surface area contributed by atoms with Gasteiger partial charge in [-0.1, -0.05) is 39.0 Å². The molecule has 3 aromatic rings. The Labute approximate surface area is 239 Å². The van der Waals surface area contributed by atoms with Gasteiger partial charge in [0.05, 0.1) is 25.7 Å². The number of rotatable bonds is 10. The Hall–Kier alpha value is -4.16. The molecule has 220 valence electrons. The second kappa shape index (κ2) is 12.6. The molecule has 0 unspecified atom stereocenters. The first-order valence-corrected chi connectivity index (χ1v) is 14.6. The van der Waals surface area contributed by atoms with Gasteiger partial charge in [0.25, 0.3) is 11.5 Å².